The van der Waals surface area contributed by atoms with E-state index < -0.39 is 0 Å². The molecule has 0 aromatic rings. The Labute approximate surface area is 118 Å². The zero-order valence-electron chi connectivity index (χ0n) is 9.39. The lowest BCUT2D eigenvalue weighted by atomic mass is 9.78. The van der Waals surface area contributed by atoms with Crippen LogP contribution in [-0.2, 0) is 0 Å². The van der Waals surface area contributed by atoms with E-state index in [0.717, 1.165) is 12.8 Å². The fourth-order valence-corrected chi connectivity index (χ4v) is 4.83. The van der Waals surface area contributed by atoms with Gasteiger partial charge in [0.25, 0.3) is 0 Å². The first-order chi connectivity index (χ1) is 8.22. The third kappa shape index (κ3) is 1.52. The summed E-state index contributed by atoms with van der Waals surface area (Å²) < 4.78 is 2.70. The van der Waals surface area contributed by atoms with Gasteiger partial charge in [-0.15, -0.1) is 0 Å². The van der Waals surface area contributed by atoms with Gasteiger partial charge < -0.3 is 5.32 Å². The van der Waals surface area contributed by atoms with E-state index >= 15 is 0 Å². The molecule has 0 spiro atoms. The lowest BCUT2D eigenvalue weighted by Gasteiger charge is -2.28. The van der Waals surface area contributed by atoms with Crippen LogP contribution in [0.5, 0.6) is 0 Å². The molecular formula is C14H13Br2N. The van der Waals surface area contributed by atoms with Crippen molar-refractivity contribution in [1.82, 2.24) is 5.32 Å². The van der Waals surface area contributed by atoms with Crippen molar-refractivity contribution in [3.05, 3.63) is 43.4 Å². The minimum Gasteiger partial charge on any atom is -0.302 e. The molecule has 0 aromatic carbocycles. The van der Waals surface area contributed by atoms with Gasteiger partial charge in [-0.05, 0) is 69.1 Å². The quantitative estimate of drug-likeness (QED) is 0.691. The van der Waals surface area contributed by atoms with Crippen LogP contribution in [0.15, 0.2) is 43.4 Å². The van der Waals surface area contributed by atoms with Gasteiger partial charge in [0.05, 0.1) is 0 Å². The first-order valence-corrected chi connectivity index (χ1v) is 7.75. The SMILES string of the molecule is BrC1=CC2=C3C4=C(C=C(Br)CC4NC3C1)CC2. The molecule has 0 amide bonds. The average Bonchev–Trinajstić information content (AvgIpc) is 2.62. The summed E-state index contributed by atoms with van der Waals surface area (Å²) in [4.78, 5) is 0. The van der Waals surface area contributed by atoms with E-state index in [0.29, 0.717) is 12.1 Å². The smallest absolute Gasteiger partial charge is 0.0377 e. The van der Waals surface area contributed by atoms with Crippen LogP contribution in [0.25, 0.3) is 0 Å². The molecule has 0 saturated carbocycles. The fourth-order valence-electron chi connectivity index (χ4n) is 3.62. The molecular weight excluding hydrogens is 342 g/mol. The summed E-state index contributed by atoms with van der Waals surface area (Å²) >= 11 is 7.37. The standard InChI is InChI=1S/C14H13Br2N/c15-9-3-7-1-2-8-4-10(16)6-12-14(8)13(7)11(5-9)17-12/h3-4,11-12,17H,1-2,5-6H2. The molecule has 1 heterocycles. The molecule has 3 heteroatoms. The van der Waals surface area contributed by atoms with Gasteiger partial charge in [-0.2, -0.15) is 0 Å². The van der Waals surface area contributed by atoms with Crippen molar-refractivity contribution in [3.8, 4) is 0 Å². The Morgan fingerprint density at radius 1 is 0.882 bits per heavy atom. The van der Waals surface area contributed by atoms with Crippen molar-refractivity contribution in [3.63, 3.8) is 0 Å². The van der Waals surface area contributed by atoms with Crippen molar-refractivity contribution in [1.29, 1.82) is 0 Å². The average molecular weight is 355 g/mol. The summed E-state index contributed by atoms with van der Waals surface area (Å²) in [6, 6.07) is 1.10. The van der Waals surface area contributed by atoms with E-state index in [1.165, 1.54) is 21.8 Å². The second-order valence-corrected chi connectivity index (χ2v) is 7.28. The molecule has 0 bridgehead atoms. The van der Waals surface area contributed by atoms with E-state index in [1.807, 2.05) is 0 Å². The lowest BCUT2D eigenvalue weighted by Crippen LogP contribution is -2.31. The summed E-state index contributed by atoms with van der Waals surface area (Å²) in [6.07, 6.45) is 9.34. The molecule has 3 aliphatic carbocycles. The monoisotopic (exact) mass is 353 g/mol. The molecule has 0 aromatic heterocycles. The maximum Gasteiger partial charge on any atom is 0.0377 e. The van der Waals surface area contributed by atoms with Gasteiger partial charge in [-0.1, -0.05) is 31.9 Å². The second kappa shape index (κ2) is 3.69. The van der Waals surface area contributed by atoms with Crippen LogP contribution in [0, 0.1) is 0 Å². The van der Waals surface area contributed by atoms with Gasteiger partial charge in [0.1, 0.15) is 0 Å². The summed E-state index contributed by atoms with van der Waals surface area (Å²) in [6.45, 7) is 0. The third-order valence-corrected chi connectivity index (χ3v) is 5.31. The summed E-state index contributed by atoms with van der Waals surface area (Å²) in [5, 5.41) is 3.80. The van der Waals surface area contributed by atoms with Crippen LogP contribution in [0.4, 0.5) is 0 Å². The topological polar surface area (TPSA) is 12.0 Å². The normalized spacial score (nSPS) is 34.7. The largest absolute Gasteiger partial charge is 0.302 e. The molecule has 0 radical (unpaired) electrons. The highest BCUT2D eigenvalue weighted by Gasteiger charge is 2.41. The third-order valence-electron chi connectivity index (χ3n) is 4.20. The van der Waals surface area contributed by atoms with Crippen molar-refractivity contribution < 1.29 is 0 Å². The molecule has 17 heavy (non-hydrogen) atoms. The minimum atomic E-state index is 0.548. The lowest BCUT2D eigenvalue weighted by molar-refractivity contribution is 0.567. The molecule has 1 saturated heterocycles. The molecule has 1 fully saturated rings. The molecule has 4 aliphatic rings. The van der Waals surface area contributed by atoms with Crippen LogP contribution < -0.4 is 5.32 Å². The number of hydrogen-bond donors (Lipinski definition) is 1. The highest BCUT2D eigenvalue weighted by atomic mass is 79.9. The van der Waals surface area contributed by atoms with Crippen molar-refractivity contribution in [2.24, 2.45) is 0 Å². The number of rotatable bonds is 0. The molecule has 4 rings (SSSR count). The molecule has 2 atom stereocenters. The van der Waals surface area contributed by atoms with Crippen molar-refractivity contribution >= 4 is 31.9 Å². The highest BCUT2D eigenvalue weighted by molar-refractivity contribution is 9.12. The number of halogens is 2. The molecule has 2 unspecified atom stereocenters. The van der Waals surface area contributed by atoms with E-state index in [4.69, 9.17) is 0 Å². The summed E-state index contributed by atoms with van der Waals surface area (Å²) in [7, 11) is 0. The highest BCUT2D eigenvalue weighted by Crippen LogP contribution is 2.48. The number of nitrogens with one attached hydrogen (secondary N) is 1. The summed E-state index contributed by atoms with van der Waals surface area (Å²) in [5.74, 6) is 0. The first kappa shape index (κ1) is 10.8. The van der Waals surface area contributed by atoms with E-state index in [2.05, 4.69) is 49.3 Å². The van der Waals surface area contributed by atoms with Crippen LogP contribution >= 0.6 is 31.9 Å². The predicted molar refractivity (Wildman–Crippen MR) is 77.3 cm³/mol. The zero-order chi connectivity index (χ0) is 11.6. The predicted octanol–water partition coefficient (Wildman–Crippen LogP) is 4.08. The van der Waals surface area contributed by atoms with Crippen molar-refractivity contribution in [2.45, 2.75) is 37.8 Å². The van der Waals surface area contributed by atoms with E-state index in [9.17, 15) is 0 Å². The fraction of sp³-hybridized carbons (Fsp3) is 0.429. The van der Waals surface area contributed by atoms with Gasteiger partial charge in [0.2, 0.25) is 0 Å². The number of hydrogen-bond acceptors (Lipinski definition) is 1. The molecule has 88 valence electrons. The summed E-state index contributed by atoms with van der Waals surface area (Å²) in [5.41, 5.74) is 6.37. The Morgan fingerprint density at radius 3 is 1.82 bits per heavy atom. The van der Waals surface area contributed by atoms with Crippen molar-refractivity contribution in [2.75, 3.05) is 0 Å². The Morgan fingerprint density at radius 2 is 1.35 bits per heavy atom. The van der Waals surface area contributed by atoms with E-state index in [-0.39, 0.29) is 0 Å². The van der Waals surface area contributed by atoms with Gasteiger partial charge in [-0.3, -0.25) is 0 Å². The Hall–Kier alpha value is -0.120. The first-order valence-electron chi connectivity index (χ1n) is 6.17. The Balaban J connectivity index is 1.92. The van der Waals surface area contributed by atoms with Crippen LogP contribution in [-0.4, -0.2) is 12.1 Å². The van der Waals surface area contributed by atoms with Gasteiger partial charge in [0, 0.05) is 12.1 Å². The maximum absolute atomic E-state index is 3.80. The Bertz CT molecular complexity index is 488. The minimum absolute atomic E-state index is 0.548. The van der Waals surface area contributed by atoms with Crippen LogP contribution in [0.3, 0.4) is 0 Å². The molecule has 1 nitrogen and oxygen atoms in total. The molecule has 1 N–H and O–H groups in total. The van der Waals surface area contributed by atoms with Crippen LogP contribution in [0.2, 0.25) is 0 Å². The van der Waals surface area contributed by atoms with Gasteiger partial charge >= 0.3 is 0 Å². The van der Waals surface area contributed by atoms with E-state index in [1.54, 1.807) is 22.3 Å². The maximum atomic E-state index is 3.80. The zero-order valence-corrected chi connectivity index (χ0v) is 12.6. The number of allylic oxidation sites excluding steroid dienone is 4. The molecule has 1 aliphatic heterocycles. The van der Waals surface area contributed by atoms with Gasteiger partial charge in [0.15, 0.2) is 0 Å². The van der Waals surface area contributed by atoms with Gasteiger partial charge in [-0.25, -0.2) is 0 Å². The Kier molecular flexibility index (Phi) is 2.34. The van der Waals surface area contributed by atoms with Crippen LogP contribution in [0.1, 0.15) is 25.7 Å². The second-order valence-electron chi connectivity index (χ2n) is 5.24.